The van der Waals surface area contributed by atoms with Gasteiger partial charge in [0, 0.05) is 29.2 Å². The minimum atomic E-state index is -0.654. The molecule has 1 saturated heterocycles. The first kappa shape index (κ1) is 21.0. The topological polar surface area (TPSA) is 76.6 Å². The van der Waals surface area contributed by atoms with Crippen LogP contribution in [0.25, 0.3) is 10.9 Å². The predicted molar refractivity (Wildman–Crippen MR) is 122 cm³/mol. The Labute approximate surface area is 184 Å². The number of fused-ring (bicyclic) bond motifs is 2. The maximum atomic E-state index is 11.8. The first-order valence-electron chi connectivity index (χ1n) is 12.2. The van der Waals surface area contributed by atoms with Gasteiger partial charge in [-0.25, -0.2) is 0 Å². The summed E-state index contributed by atoms with van der Waals surface area (Å²) >= 11 is 0. The molecule has 0 bridgehead atoms. The average Bonchev–Trinajstić information content (AvgIpc) is 3.50. The number of piperidine rings is 1. The van der Waals surface area contributed by atoms with Gasteiger partial charge in [0.2, 0.25) is 0 Å². The fraction of sp³-hybridized carbons (Fsp3) is 0.654. The Morgan fingerprint density at radius 3 is 2.74 bits per heavy atom. The normalized spacial score (nSPS) is 31.3. The molecule has 6 unspecified atom stereocenters. The smallest absolute Gasteiger partial charge is 0.306 e. The SMILES string of the molecule is CC(CC(O)N1C(C)CCC2C(C(=O)O)CCCC21)c1c[nH]c2cccc(C3CC3)c12. The van der Waals surface area contributed by atoms with Gasteiger partial charge in [-0.15, -0.1) is 0 Å². The lowest BCUT2D eigenvalue weighted by Gasteiger charge is -2.51. The summed E-state index contributed by atoms with van der Waals surface area (Å²) in [6, 6.07) is 7.05. The number of nitrogens with one attached hydrogen (secondary N) is 1. The molecule has 3 N–H and O–H groups in total. The van der Waals surface area contributed by atoms with Crippen molar-refractivity contribution < 1.29 is 15.0 Å². The van der Waals surface area contributed by atoms with Crippen molar-refractivity contribution in [1.82, 2.24) is 9.88 Å². The van der Waals surface area contributed by atoms with Gasteiger partial charge in [-0.05, 0) is 86.8 Å². The molecule has 2 heterocycles. The van der Waals surface area contributed by atoms with Crippen LogP contribution in [0, 0.1) is 11.8 Å². The average molecular weight is 425 g/mol. The zero-order chi connectivity index (χ0) is 21.7. The Balaban J connectivity index is 1.37. The van der Waals surface area contributed by atoms with Gasteiger partial charge < -0.3 is 15.2 Å². The third-order valence-electron chi connectivity index (χ3n) is 8.38. The minimum absolute atomic E-state index is 0.168. The number of benzene rings is 1. The number of carbonyl (C=O) groups is 1. The molecule has 5 nitrogen and oxygen atoms in total. The van der Waals surface area contributed by atoms with Gasteiger partial charge in [0.25, 0.3) is 0 Å². The minimum Gasteiger partial charge on any atom is -0.481 e. The molecule has 5 rings (SSSR count). The second kappa shape index (κ2) is 8.25. The summed E-state index contributed by atoms with van der Waals surface area (Å²) in [7, 11) is 0. The van der Waals surface area contributed by atoms with Crippen molar-refractivity contribution in [2.24, 2.45) is 11.8 Å². The van der Waals surface area contributed by atoms with Crippen LogP contribution >= 0.6 is 0 Å². The number of aromatic amines is 1. The maximum Gasteiger partial charge on any atom is 0.306 e. The van der Waals surface area contributed by atoms with E-state index >= 15 is 0 Å². The van der Waals surface area contributed by atoms with Crippen LogP contribution in [-0.4, -0.2) is 44.4 Å². The van der Waals surface area contributed by atoms with Crippen molar-refractivity contribution in [1.29, 1.82) is 0 Å². The molecule has 0 amide bonds. The van der Waals surface area contributed by atoms with Crippen molar-refractivity contribution in [2.45, 2.75) is 95.4 Å². The fourth-order valence-electron chi connectivity index (χ4n) is 6.67. The van der Waals surface area contributed by atoms with Crippen LogP contribution in [0.3, 0.4) is 0 Å². The summed E-state index contributed by atoms with van der Waals surface area (Å²) in [5.74, 6) is 0.178. The Kier molecular flexibility index (Phi) is 5.59. The number of aliphatic carboxylic acids is 1. The van der Waals surface area contributed by atoms with Crippen LogP contribution in [0.1, 0.15) is 88.2 Å². The molecule has 3 fully saturated rings. The van der Waals surface area contributed by atoms with E-state index in [2.05, 4.69) is 48.1 Å². The Hall–Kier alpha value is -1.85. The molecular formula is C26H36N2O3. The molecule has 1 aromatic carbocycles. The number of aliphatic hydroxyl groups is 1. The van der Waals surface area contributed by atoms with Gasteiger partial charge in [-0.1, -0.05) is 25.5 Å². The van der Waals surface area contributed by atoms with Gasteiger partial charge in [-0.3, -0.25) is 9.69 Å². The summed E-state index contributed by atoms with van der Waals surface area (Å²) in [6.45, 7) is 4.42. The zero-order valence-corrected chi connectivity index (χ0v) is 18.8. The maximum absolute atomic E-state index is 11.8. The number of carboxylic acid groups (broad SMARTS) is 1. The zero-order valence-electron chi connectivity index (χ0n) is 18.8. The van der Waals surface area contributed by atoms with Gasteiger partial charge in [-0.2, -0.15) is 0 Å². The van der Waals surface area contributed by atoms with Crippen molar-refractivity contribution >= 4 is 16.9 Å². The summed E-state index contributed by atoms with van der Waals surface area (Å²) in [5.41, 5.74) is 3.96. The predicted octanol–water partition coefficient (Wildman–Crippen LogP) is 5.21. The molecule has 5 heteroatoms. The van der Waals surface area contributed by atoms with E-state index in [0.717, 1.165) is 32.1 Å². The number of H-pyrrole nitrogens is 1. The Morgan fingerprint density at radius 2 is 2.00 bits per heavy atom. The number of aliphatic hydroxyl groups excluding tert-OH is 1. The molecule has 168 valence electrons. The van der Waals surface area contributed by atoms with Crippen molar-refractivity contribution in [3.8, 4) is 0 Å². The molecule has 1 aliphatic heterocycles. The largest absolute Gasteiger partial charge is 0.481 e. The van der Waals surface area contributed by atoms with Crippen LogP contribution in [0.15, 0.2) is 24.4 Å². The van der Waals surface area contributed by atoms with Gasteiger partial charge in [0.15, 0.2) is 0 Å². The second-order valence-electron chi connectivity index (χ2n) is 10.4. The van der Waals surface area contributed by atoms with E-state index in [0.29, 0.717) is 18.4 Å². The lowest BCUT2D eigenvalue weighted by molar-refractivity contribution is -0.154. The lowest BCUT2D eigenvalue weighted by atomic mass is 9.69. The van der Waals surface area contributed by atoms with Crippen molar-refractivity contribution in [2.75, 3.05) is 0 Å². The highest BCUT2D eigenvalue weighted by molar-refractivity contribution is 5.88. The number of hydrogen-bond donors (Lipinski definition) is 3. The van der Waals surface area contributed by atoms with E-state index < -0.39 is 12.2 Å². The number of likely N-dealkylation sites (tertiary alicyclic amines) is 1. The molecular weight excluding hydrogens is 388 g/mol. The highest BCUT2D eigenvalue weighted by atomic mass is 16.4. The van der Waals surface area contributed by atoms with Crippen LogP contribution in [-0.2, 0) is 4.79 Å². The van der Waals surface area contributed by atoms with E-state index in [9.17, 15) is 15.0 Å². The summed E-state index contributed by atoms with van der Waals surface area (Å²) in [6.07, 6.45) is 9.49. The molecule has 3 aliphatic rings. The van der Waals surface area contributed by atoms with E-state index in [4.69, 9.17) is 0 Å². The fourth-order valence-corrected chi connectivity index (χ4v) is 6.67. The highest BCUT2D eigenvalue weighted by Gasteiger charge is 2.46. The number of aromatic nitrogens is 1. The molecule has 1 aromatic heterocycles. The molecule has 31 heavy (non-hydrogen) atoms. The van der Waals surface area contributed by atoms with Gasteiger partial charge in [0.05, 0.1) is 5.92 Å². The first-order valence-corrected chi connectivity index (χ1v) is 12.2. The van der Waals surface area contributed by atoms with Crippen LogP contribution < -0.4 is 0 Å². The summed E-state index contributed by atoms with van der Waals surface area (Å²) in [5, 5.41) is 22.5. The number of hydrogen-bond acceptors (Lipinski definition) is 3. The van der Waals surface area contributed by atoms with E-state index in [-0.39, 0.29) is 23.8 Å². The summed E-state index contributed by atoms with van der Waals surface area (Å²) in [4.78, 5) is 17.6. The number of carboxylic acids is 1. The van der Waals surface area contributed by atoms with E-state index in [1.54, 1.807) is 0 Å². The molecule has 6 atom stereocenters. The van der Waals surface area contributed by atoms with Crippen molar-refractivity contribution in [3.63, 3.8) is 0 Å². The van der Waals surface area contributed by atoms with Crippen LogP contribution in [0.5, 0.6) is 0 Å². The molecule has 0 spiro atoms. The highest BCUT2D eigenvalue weighted by Crippen LogP contribution is 2.46. The monoisotopic (exact) mass is 424 g/mol. The molecule has 2 aromatic rings. The van der Waals surface area contributed by atoms with Crippen molar-refractivity contribution in [3.05, 3.63) is 35.5 Å². The third kappa shape index (κ3) is 3.80. The quantitative estimate of drug-likeness (QED) is 0.595. The van der Waals surface area contributed by atoms with E-state index in [1.165, 1.54) is 34.9 Å². The first-order chi connectivity index (χ1) is 15.0. The standard InChI is InChI=1S/C26H36N2O3/c1-15(21-14-27-22-7-3-5-18(25(21)22)17-10-11-17)13-24(29)28-16(2)9-12-19-20(26(30)31)6-4-8-23(19)28/h3,5,7,14-17,19-20,23-24,27,29H,4,6,8-13H2,1-2H3,(H,30,31). The van der Waals surface area contributed by atoms with Gasteiger partial charge in [0.1, 0.15) is 6.23 Å². The summed E-state index contributed by atoms with van der Waals surface area (Å²) < 4.78 is 0. The number of nitrogens with zero attached hydrogens (tertiary/aromatic N) is 1. The van der Waals surface area contributed by atoms with E-state index in [1.807, 2.05) is 0 Å². The molecule has 2 aliphatic carbocycles. The lowest BCUT2D eigenvalue weighted by Crippen LogP contribution is -2.58. The van der Waals surface area contributed by atoms with Crippen LogP contribution in [0.4, 0.5) is 0 Å². The van der Waals surface area contributed by atoms with Gasteiger partial charge >= 0.3 is 5.97 Å². The second-order valence-corrected chi connectivity index (χ2v) is 10.4. The molecule has 2 saturated carbocycles. The Bertz CT molecular complexity index is 949. The number of rotatable bonds is 6. The molecule has 0 radical (unpaired) electrons. The van der Waals surface area contributed by atoms with Crippen LogP contribution in [0.2, 0.25) is 0 Å². The third-order valence-corrected chi connectivity index (χ3v) is 8.38. The Morgan fingerprint density at radius 1 is 1.19 bits per heavy atom.